The van der Waals surface area contributed by atoms with Crippen molar-refractivity contribution >= 4 is 5.97 Å². The third-order valence-electron chi connectivity index (χ3n) is 4.68. The molecule has 2 heteroatoms. The molecule has 4 aliphatic rings. The predicted octanol–water partition coefficient (Wildman–Crippen LogP) is 2.47. The summed E-state index contributed by atoms with van der Waals surface area (Å²) in [7, 11) is 1.50. The number of esters is 1. The Bertz CT molecular complexity index is 492. The summed E-state index contributed by atoms with van der Waals surface area (Å²) in [6.07, 6.45) is 4.58. The van der Waals surface area contributed by atoms with E-state index in [-0.39, 0.29) is 11.9 Å². The van der Waals surface area contributed by atoms with Gasteiger partial charge in [0.25, 0.3) is 0 Å². The lowest BCUT2D eigenvalue weighted by molar-refractivity contribution is -0.142. The fraction of sp³-hybridized carbons (Fsp3) is 0.400. The summed E-state index contributed by atoms with van der Waals surface area (Å²) in [5.74, 6) is 1.96. The van der Waals surface area contributed by atoms with Gasteiger partial charge in [0.1, 0.15) is 0 Å². The molecule has 1 unspecified atom stereocenters. The van der Waals surface area contributed by atoms with Crippen LogP contribution in [-0.2, 0) is 9.53 Å². The van der Waals surface area contributed by atoms with Crippen molar-refractivity contribution < 1.29 is 9.53 Å². The Kier molecular flexibility index (Phi) is 1.67. The lowest BCUT2D eigenvalue weighted by Crippen LogP contribution is -2.19. The van der Waals surface area contributed by atoms with Crippen LogP contribution >= 0.6 is 0 Å². The number of ether oxygens (including phenoxy) is 1. The van der Waals surface area contributed by atoms with E-state index < -0.39 is 0 Å². The third-order valence-corrected chi connectivity index (χ3v) is 4.68. The Balaban J connectivity index is 1.79. The van der Waals surface area contributed by atoms with E-state index in [4.69, 9.17) is 4.74 Å². The van der Waals surface area contributed by atoms with Crippen molar-refractivity contribution in [2.24, 2.45) is 17.8 Å². The zero-order valence-corrected chi connectivity index (χ0v) is 9.67. The Morgan fingerprint density at radius 1 is 1.06 bits per heavy atom. The molecule has 2 bridgehead atoms. The number of allylic oxidation sites excluding steroid dienone is 2. The normalized spacial score (nSPS) is 39.5. The minimum atomic E-state index is -0.0218. The van der Waals surface area contributed by atoms with Gasteiger partial charge >= 0.3 is 5.97 Å². The molecule has 0 aliphatic heterocycles. The standard InChI is InChI=1S/C15H14O2/c1-17-15(16)14-12-10-6-7-11(13(12)14)9-5-3-2-4-8(9)10/h2-7,10-14H,1H3/t10-,11+,12-,13+,14?. The van der Waals surface area contributed by atoms with Crippen molar-refractivity contribution in [3.05, 3.63) is 47.5 Å². The van der Waals surface area contributed by atoms with Crippen molar-refractivity contribution in [3.63, 3.8) is 0 Å². The number of rotatable bonds is 1. The minimum absolute atomic E-state index is 0.0218. The molecule has 0 aromatic heterocycles. The molecule has 0 spiro atoms. The van der Waals surface area contributed by atoms with Crippen LogP contribution < -0.4 is 0 Å². The second kappa shape index (κ2) is 3.00. The molecular weight excluding hydrogens is 212 g/mol. The first kappa shape index (κ1) is 9.46. The molecule has 5 rings (SSSR count). The summed E-state index contributed by atoms with van der Waals surface area (Å²) in [4.78, 5) is 11.8. The molecule has 86 valence electrons. The fourth-order valence-corrected chi connectivity index (χ4v) is 3.97. The Hall–Kier alpha value is -1.57. The second-order valence-corrected chi connectivity index (χ2v) is 5.27. The second-order valence-electron chi connectivity index (χ2n) is 5.27. The van der Waals surface area contributed by atoms with E-state index in [2.05, 4.69) is 36.4 Å². The molecule has 1 aromatic rings. The van der Waals surface area contributed by atoms with Gasteiger partial charge < -0.3 is 4.74 Å². The predicted molar refractivity (Wildman–Crippen MR) is 63.6 cm³/mol. The first-order valence-electron chi connectivity index (χ1n) is 6.18. The third kappa shape index (κ3) is 1.03. The molecule has 1 aromatic carbocycles. The van der Waals surface area contributed by atoms with Crippen molar-refractivity contribution in [2.75, 3.05) is 7.11 Å². The molecular formula is C15H14O2. The summed E-state index contributed by atoms with van der Waals surface area (Å²) >= 11 is 0. The van der Waals surface area contributed by atoms with Gasteiger partial charge in [-0.25, -0.2) is 0 Å². The number of carbonyl (C=O) groups excluding carboxylic acids is 1. The lowest BCUT2D eigenvalue weighted by Gasteiger charge is -2.32. The highest BCUT2D eigenvalue weighted by Crippen LogP contribution is 2.68. The van der Waals surface area contributed by atoms with Crippen LogP contribution in [0.25, 0.3) is 0 Å². The summed E-state index contributed by atoms with van der Waals surface area (Å²) in [6, 6.07) is 8.61. The zero-order chi connectivity index (χ0) is 11.6. The van der Waals surface area contributed by atoms with Crippen LogP contribution in [0.5, 0.6) is 0 Å². The first-order chi connectivity index (χ1) is 8.33. The monoisotopic (exact) mass is 226 g/mol. The van der Waals surface area contributed by atoms with Crippen LogP contribution in [0.2, 0.25) is 0 Å². The highest BCUT2D eigenvalue weighted by molar-refractivity contribution is 5.78. The smallest absolute Gasteiger partial charge is 0.309 e. The van der Waals surface area contributed by atoms with Crippen molar-refractivity contribution in [1.29, 1.82) is 0 Å². The average molecular weight is 226 g/mol. The number of hydrogen-bond donors (Lipinski definition) is 0. The largest absolute Gasteiger partial charge is 0.469 e. The van der Waals surface area contributed by atoms with Crippen molar-refractivity contribution in [3.8, 4) is 0 Å². The van der Waals surface area contributed by atoms with Gasteiger partial charge in [-0.2, -0.15) is 0 Å². The average Bonchev–Trinajstić information content (AvgIpc) is 3.15. The first-order valence-corrected chi connectivity index (χ1v) is 6.18. The number of hydrogen-bond acceptors (Lipinski definition) is 2. The van der Waals surface area contributed by atoms with E-state index >= 15 is 0 Å². The van der Waals surface area contributed by atoms with E-state index in [0.29, 0.717) is 23.7 Å². The van der Waals surface area contributed by atoms with E-state index in [0.717, 1.165) is 0 Å². The molecule has 0 heterocycles. The maximum absolute atomic E-state index is 11.8. The van der Waals surface area contributed by atoms with Gasteiger partial charge in [-0.05, 0) is 23.0 Å². The van der Waals surface area contributed by atoms with Crippen LogP contribution in [-0.4, -0.2) is 13.1 Å². The molecule has 0 radical (unpaired) electrons. The van der Waals surface area contributed by atoms with Gasteiger partial charge in [0, 0.05) is 11.8 Å². The number of methoxy groups -OCH3 is 1. The fourth-order valence-electron chi connectivity index (χ4n) is 3.97. The van der Waals surface area contributed by atoms with Gasteiger partial charge in [-0.1, -0.05) is 36.4 Å². The maximum Gasteiger partial charge on any atom is 0.309 e. The van der Waals surface area contributed by atoms with Crippen LogP contribution in [0.4, 0.5) is 0 Å². The summed E-state index contributed by atoms with van der Waals surface area (Å²) in [5, 5.41) is 0. The van der Waals surface area contributed by atoms with Crippen molar-refractivity contribution in [1.82, 2.24) is 0 Å². The lowest BCUT2D eigenvalue weighted by atomic mass is 9.72. The van der Waals surface area contributed by atoms with Crippen molar-refractivity contribution in [2.45, 2.75) is 11.8 Å². The van der Waals surface area contributed by atoms with E-state index in [1.165, 1.54) is 18.2 Å². The summed E-state index contributed by atoms with van der Waals surface area (Å²) in [6.45, 7) is 0. The SMILES string of the molecule is COC(=O)C1[C@@H]2[C@H]1[C@@H]1C=C[C@H]2c2ccccc21. The van der Waals surface area contributed by atoms with E-state index in [1.54, 1.807) is 0 Å². The Morgan fingerprint density at radius 3 is 2.06 bits per heavy atom. The highest BCUT2D eigenvalue weighted by atomic mass is 16.5. The zero-order valence-electron chi connectivity index (χ0n) is 9.67. The van der Waals surface area contributed by atoms with Crippen LogP contribution in [0.1, 0.15) is 23.0 Å². The Labute approximate surface area is 100 Å². The van der Waals surface area contributed by atoms with Gasteiger partial charge in [0.2, 0.25) is 0 Å². The number of carbonyl (C=O) groups is 1. The molecule has 1 fully saturated rings. The summed E-state index contributed by atoms with van der Waals surface area (Å²) in [5.41, 5.74) is 2.85. The number of benzene rings is 1. The Morgan fingerprint density at radius 2 is 1.59 bits per heavy atom. The molecule has 0 amide bonds. The molecule has 1 saturated carbocycles. The van der Waals surface area contributed by atoms with Gasteiger partial charge in [-0.3, -0.25) is 4.79 Å². The highest BCUT2D eigenvalue weighted by Gasteiger charge is 2.65. The van der Waals surface area contributed by atoms with E-state index in [1.807, 2.05) is 0 Å². The molecule has 5 atom stereocenters. The molecule has 0 N–H and O–H groups in total. The summed E-state index contributed by atoms with van der Waals surface area (Å²) < 4.78 is 4.92. The van der Waals surface area contributed by atoms with Crippen LogP contribution in [0, 0.1) is 17.8 Å². The van der Waals surface area contributed by atoms with E-state index in [9.17, 15) is 4.79 Å². The quantitative estimate of drug-likeness (QED) is 0.543. The molecule has 2 nitrogen and oxygen atoms in total. The van der Waals surface area contributed by atoms with Gasteiger partial charge in [-0.15, -0.1) is 0 Å². The van der Waals surface area contributed by atoms with Gasteiger partial charge in [0.15, 0.2) is 0 Å². The van der Waals surface area contributed by atoms with Crippen LogP contribution in [0.3, 0.4) is 0 Å². The molecule has 4 aliphatic carbocycles. The minimum Gasteiger partial charge on any atom is -0.469 e. The molecule has 0 saturated heterocycles. The van der Waals surface area contributed by atoms with Crippen LogP contribution in [0.15, 0.2) is 36.4 Å². The molecule has 17 heavy (non-hydrogen) atoms. The van der Waals surface area contributed by atoms with Gasteiger partial charge in [0.05, 0.1) is 13.0 Å². The maximum atomic E-state index is 11.8. The topological polar surface area (TPSA) is 26.3 Å².